The predicted octanol–water partition coefficient (Wildman–Crippen LogP) is 3.82. The first kappa shape index (κ1) is 16.8. The van der Waals surface area contributed by atoms with Gasteiger partial charge >= 0.3 is 0 Å². The Kier molecular flexibility index (Phi) is 6.68. The number of carbonyl (C=O) groups is 1. The molecule has 0 aliphatic heterocycles. The molecule has 1 aromatic heterocycles. The van der Waals surface area contributed by atoms with E-state index in [1.165, 1.54) is 11.1 Å². The number of aryl methyl sites for hydroxylation is 2. The van der Waals surface area contributed by atoms with E-state index in [0.717, 1.165) is 22.2 Å². The molecule has 22 heavy (non-hydrogen) atoms. The summed E-state index contributed by atoms with van der Waals surface area (Å²) in [7, 11) is 0. The zero-order valence-electron chi connectivity index (χ0n) is 12.8. The van der Waals surface area contributed by atoms with Crippen LogP contribution in [-0.2, 0) is 10.5 Å². The Morgan fingerprint density at radius 2 is 2.09 bits per heavy atom. The third kappa shape index (κ3) is 6.03. The second-order valence-corrected chi connectivity index (χ2v) is 7.12. The average Bonchev–Trinajstić information content (AvgIpc) is 2.92. The molecule has 1 heterocycles. The topological polar surface area (TPSA) is 42.0 Å². The molecular formula is C17H20N2OS2. The van der Waals surface area contributed by atoms with Crippen molar-refractivity contribution >= 4 is 35.1 Å². The zero-order chi connectivity index (χ0) is 15.8. The maximum absolute atomic E-state index is 11.7. The summed E-state index contributed by atoms with van der Waals surface area (Å²) < 4.78 is 0. The molecule has 3 nitrogen and oxygen atoms in total. The van der Waals surface area contributed by atoms with Crippen molar-refractivity contribution < 1.29 is 4.79 Å². The number of nitrogens with zero attached hydrogens (tertiary/aromatic N) is 1. The van der Waals surface area contributed by atoms with Crippen molar-refractivity contribution in [3.05, 3.63) is 57.6 Å². The van der Waals surface area contributed by atoms with Crippen LogP contribution in [0.1, 0.15) is 21.8 Å². The van der Waals surface area contributed by atoms with Crippen molar-refractivity contribution in [2.75, 3.05) is 12.3 Å². The van der Waals surface area contributed by atoms with Crippen LogP contribution in [0.3, 0.4) is 0 Å². The molecule has 0 aliphatic rings. The van der Waals surface area contributed by atoms with E-state index in [9.17, 15) is 4.79 Å². The van der Waals surface area contributed by atoms with E-state index >= 15 is 0 Å². The highest BCUT2D eigenvalue weighted by Crippen LogP contribution is 2.12. The summed E-state index contributed by atoms with van der Waals surface area (Å²) in [6.45, 7) is 4.72. The van der Waals surface area contributed by atoms with Crippen LogP contribution in [0.4, 0.5) is 0 Å². The minimum Gasteiger partial charge on any atom is -0.352 e. The summed E-state index contributed by atoms with van der Waals surface area (Å²) in [4.78, 5) is 15.9. The quantitative estimate of drug-likeness (QED) is 0.619. The van der Waals surface area contributed by atoms with Crippen LogP contribution in [0.15, 0.2) is 35.7 Å². The molecule has 0 radical (unpaired) electrons. The summed E-state index contributed by atoms with van der Waals surface area (Å²) in [5.41, 5.74) is 3.44. The SMILES string of the molecule is Cc1ccc(CSCCNC(=O)/C=C/c2csc(C)n2)cc1. The lowest BCUT2D eigenvalue weighted by Crippen LogP contribution is -2.23. The highest BCUT2D eigenvalue weighted by molar-refractivity contribution is 7.98. The monoisotopic (exact) mass is 332 g/mol. The molecule has 0 atom stereocenters. The number of benzene rings is 1. The lowest BCUT2D eigenvalue weighted by molar-refractivity contribution is -0.116. The fourth-order valence-corrected chi connectivity index (χ4v) is 3.20. The molecule has 0 bridgehead atoms. The average molecular weight is 332 g/mol. The van der Waals surface area contributed by atoms with Crippen molar-refractivity contribution in [3.8, 4) is 0 Å². The van der Waals surface area contributed by atoms with E-state index in [2.05, 4.69) is 41.5 Å². The summed E-state index contributed by atoms with van der Waals surface area (Å²) >= 11 is 3.40. The Bertz CT molecular complexity index is 632. The molecule has 0 unspecified atom stereocenters. The molecule has 2 aromatic rings. The Hall–Kier alpha value is -1.59. The number of rotatable bonds is 7. The first-order valence-electron chi connectivity index (χ1n) is 7.15. The van der Waals surface area contributed by atoms with Crippen molar-refractivity contribution in [1.29, 1.82) is 0 Å². The zero-order valence-corrected chi connectivity index (χ0v) is 14.5. The Morgan fingerprint density at radius 1 is 1.32 bits per heavy atom. The Balaban J connectivity index is 1.61. The number of thioether (sulfide) groups is 1. The lowest BCUT2D eigenvalue weighted by atomic mass is 10.2. The Labute approximate surface area is 139 Å². The fraction of sp³-hybridized carbons (Fsp3) is 0.294. The van der Waals surface area contributed by atoms with Gasteiger partial charge in [0.25, 0.3) is 0 Å². The molecule has 2 rings (SSSR count). The van der Waals surface area contributed by atoms with Crippen molar-refractivity contribution in [2.45, 2.75) is 19.6 Å². The third-order valence-corrected chi connectivity index (χ3v) is 4.80. The molecule has 0 aliphatic carbocycles. The molecule has 1 aromatic carbocycles. The van der Waals surface area contributed by atoms with Gasteiger partial charge in [0.2, 0.25) is 5.91 Å². The van der Waals surface area contributed by atoms with E-state index in [0.29, 0.717) is 6.54 Å². The van der Waals surface area contributed by atoms with Crippen LogP contribution >= 0.6 is 23.1 Å². The van der Waals surface area contributed by atoms with Gasteiger partial charge in [0.15, 0.2) is 0 Å². The van der Waals surface area contributed by atoms with E-state index in [1.807, 2.05) is 24.1 Å². The van der Waals surface area contributed by atoms with Crippen LogP contribution in [-0.4, -0.2) is 23.2 Å². The van der Waals surface area contributed by atoms with Crippen molar-refractivity contribution in [2.24, 2.45) is 0 Å². The van der Waals surface area contributed by atoms with Gasteiger partial charge in [-0.3, -0.25) is 4.79 Å². The largest absolute Gasteiger partial charge is 0.352 e. The van der Waals surface area contributed by atoms with Gasteiger partial charge in [-0.1, -0.05) is 29.8 Å². The summed E-state index contributed by atoms with van der Waals surface area (Å²) in [5.74, 6) is 1.81. The molecule has 1 N–H and O–H groups in total. The molecule has 0 saturated heterocycles. The highest BCUT2D eigenvalue weighted by Gasteiger charge is 1.98. The maximum atomic E-state index is 11.7. The molecule has 1 amide bonds. The first-order valence-corrected chi connectivity index (χ1v) is 9.18. The number of thiazole rings is 1. The standard InChI is InChI=1S/C17H20N2OS2/c1-13-3-5-15(6-4-13)11-21-10-9-18-17(20)8-7-16-12-22-14(2)19-16/h3-8,12H,9-11H2,1-2H3,(H,18,20)/b8-7+. The number of hydrogen-bond acceptors (Lipinski definition) is 4. The van der Waals surface area contributed by atoms with E-state index in [4.69, 9.17) is 0 Å². The maximum Gasteiger partial charge on any atom is 0.244 e. The van der Waals surface area contributed by atoms with Crippen molar-refractivity contribution in [1.82, 2.24) is 10.3 Å². The van der Waals surface area contributed by atoms with E-state index < -0.39 is 0 Å². The minimum absolute atomic E-state index is 0.0680. The Morgan fingerprint density at radius 3 is 2.77 bits per heavy atom. The third-order valence-electron chi connectivity index (χ3n) is 2.98. The predicted molar refractivity (Wildman–Crippen MR) is 96.2 cm³/mol. The van der Waals surface area contributed by atoms with Gasteiger partial charge < -0.3 is 5.32 Å². The summed E-state index contributed by atoms with van der Waals surface area (Å²) in [5, 5.41) is 5.83. The van der Waals surface area contributed by atoms with Gasteiger partial charge in [0, 0.05) is 29.5 Å². The molecule has 5 heteroatoms. The fourth-order valence-electron chi connectivity index (χ4n) is 1.80. The second-order valence-electron chi connectivity index (χ2n) is 4.95. The van der Waals surface area contributed by atoms with Crippen molar-refractivity contribution in [3.63, 3.8) is 0 Å². The van der Waals surface area contributed by atoms with Crippen LogP contribution in [0, 0.1) is 13.8 Å². The van der Waals surface area contributed by atoms with E-state index in [1.54, 1.807) is 23.5 Å². The molecule has 0 fully saturated rings. The van der Waals surface area contributed by atoms with Gasteiger partial charge in [0.1, 0.15) is 0 Å². The van der Waals surface area contributed by atoms with Crippen LogP contribution < -0.4 is 5.32 Å². The second kappa shape index (κ2) is 8.76. The van der Waals surface area contributed by atoms with Gasteiger partial charge in [-0.2, -0.15) is 11.8 Å². The van der Waals surface area contributed by atoms with Gasteiger partial charge in [0.05, 0.1) is 10.7 Å². The van der Waals surface area contributed by atoms with E-state index in [-0.39, 0.29) is 5.91 Å². The smallest absolute Gasteiger partial charge is 0.244 e. The van der Waals surface area contributed by atoms with Crippen LogP contribution in [0.5, 0.6) is 0 Å². The van der Waals surface area contributed by atoms with Crippen LogP contribution in [0.2, 0.25) is 0 Å². The number of nitrogens with one attached hydrogen (secondary N) is 1. The highest BCUT2D eigenvalue weighted by atomic mass is 32.2. The normalized spacial score (nSPS) is 11.0. The molecule has 0 saturated carbocycles. The first-order chi connectivity index (χ1) is 10.6. The van der Waals surface area contributed by atoms with Gasteiger partial charge in [-0.25, -0.2) is 4.98 Å². The molecule has 0 spiro atoms. The van der Waals surface area contributed by atoms with Crippen LogP contribution in [0.25, 0.3) is 6.08 Å². The van der Waals surface area contributed by atoms with Gasteiger partial charge in [-0.15, -0.1) is 11.3 Å². The molecule has 116 valence electrons. The summed E-state index contributed by atoms with van der Waals surface area (Å²) in [6.07, 6.45) is 3.29. The number of amides is 1. The number of aromatic nitrogens is 1. The molecular weight excluding hydrogens is 312 g/mol. The summed E-state index contributed by atoms with van der Waals surface area (Å²) in [6, 6.07) is 8.56. The van der Waals surface area contributed by atoms with Gasteiger partial charge in [-0.05, 0) is 25.5 Å². The number of carbonyl (C=O) groups excluding carboxylic acids is 1. The number of hydrogen-bond donors (Lipinski definition) is 1. The minimum atomic E-state index is -0.0680. The lowest BCUT2D eigenvalue weighted by Gasteiger charge is -2.03.